The van der Waals surface area contributed by atoms with E-state index in [4.69, 9.17) is 4.74 Å². The second-order valence-electron chi connectivity index (χ2n) is 8.48. The van der Waals surface area contributed by atoms with Gasteiger partial charge in [0.15, 0.2) is 5.13 Å². The third-order valence-electron chi connectivity index (χ3n) is 5.91. The highest BCUT2D eigenvalue weighted by molar-refractivity contribution is 7.13. The molecule has 3 aromatic rings. The fourth-order valence-electron chi connectivity index (χ4n) is 4.00. The van der Waals surface area contributed by atoms with Gasteiger partial charge in [-0.05, 0) is 56.3 Å². The number of aromatic nitrogens is 1. The lowest BCUT2D eigenvalue weighted by Crippen LogP contribution is -2.32. The molecule has 1 saturated heterocycles. The second kappa shape index (κ2) is 11.8. The average molecular weight is 494 g/mol. The van der Waals surface area contributed by atoms with E-state index in [1.54, 1.807) is 54.8 Å². The van der Waals surface area contributed by atoms with E-state index in [1.807, 2.05) is 19.1 Å². The van der Waals surface area contributed by atoms with Crippen molar-refractivity contribution in [1.82, 2.24) is 9.88 Å². The molecule has 184 valence electrons. The Hall–Kier alpha value is -3.43. The molecule has 0 saturated carbocycles. The molecule has 8 nitrogen and oxygen atoms in total. The van der Waals surface area contributed by atoms with Crippen molar-refractivity contribution in [3.8, 4) is 5.75 Å². The van der Waals surface area contributed by atoms with Crippen LogP contribution in [0.15, 0.2) is 53.9 Å². The van der Waals surface area contributed by atoms with Crippen LogP contribution in [0.1, 0.15) is 28.9 Å². The Morgan fingerprint density at radius 3 is 2.57 bits per heavy atom. The first-order chi connectivity index (χ1) is 17.0. The standard InChI is InChI=1S/C26H31N5O3S/c1-19-18-35-26(27-19)31-14-5-13-30(16-17-31)15-12-24(32)28-21-10-8-20(9-11-21)25(33)29-22-6-3-4-7-23(22)34-2/h3-4,6-11,18H,5,12-17H2,1-2H3,(H,28,32)(H,29,33). The smallest absolute Gasteiger partial charge is 0.255 e. The van der Waals surface area contributed by atoms with Crippen LogP contribution in [0.25, 0.3) is 0 Å². The first-order valence-corrected chi connectivity index (χ1v) is 12.6. The van der Waals surface area contributed by atoms with Gasteiger partial charge in [0.1, 0.15) is 5.75 Å². The van der Waals surface area contributed by atoms with Gasteiger partial charge >= 0.3 is 0 Å². The summed E-state index contributed by atoms with van der Waals surface area (Å²) in [6.45, 7) is 6.55. The summed E-state index contributed by atoms with van der Waals surface area (Å²) in [5.74, 6) is 0.323. The number of para-hydroxylation sites is 2. The number of carbonyl (C=O) groups is 2. The number of aryl methyl sites for hydroxylation is 1. The minimum Gasteiger partial charge on any atom is -0.495 e. The van der Waals surface area contributed by atoms with Crippen LogP contribution in [0.3, 0.4) is 0 Å². The molecule has 0 radical (unpaired) electrons. The number of nitrogens with zero attached hydrogens (tertiary/aromatic N) is 3. The molecule has 2 N–H and O–H groups in total. The Kier molecular flexibility index (Phi) is 8.33. The molecule has 0 aliphatic carbocycles. The molecule has 0 unspecified atom stereocenters. The lowest BCUT2D eigenvalue weighted by molar-refractivity contribution is -0.116. The van der Waals surface area contributed by atoms with Crippen LogP contribution < -0.4 is 20.3 Å². The van der Waals surface area contributed by atoms with Crippen molar-refractivity contribution in [2.75, 3.05) is 55.4 Å². The molecule has 4 rings (SSSR count). The largest absolute Gasteiger partial charge is 0.495 e. The molecule has 0 atom stereocenters. The second-order valence-corrected chi connectivity index (χ2v) is 9.32. The van der Waals surface area contributed by atoms with Gasteiger partial charge in [-0.2, -0.15) is 0 Å². The topological polar surface area (TPSA) is 86.8 Å². The molecule has 0 spiro atoms. The number of nitrogens with one attached hydrogen (secondary N) is 2. The maximum Gasteiger partial charge on any atom is 0.255 e. The quantitative estimate of drug-likeness (QED) is 0.488. The number of rotatable bonds is 8. The number of amides is 2. The maximum atomic E-state index is 12.6. The van der Waals surface area contributed by atoms with Crippen LogP contribution in [0.4, 0.5) is 16.5 Å². The Morgan fingerprint density at radius 2 is 1.83 bits per heavy atom. The van der Waals surface area contributed by atoms with Gasteiger partial charge in [-0.25, -0.2) is 4.98 Å². The third kappa shape index (κ3) is 6.80. The Balaban J connectivity index is 1.23. The minimum atomic E-state index is -0.240. The Morgan fingerprint density at radius 1 is 1.03 bits per heavy atom. The van der Waals surface area contributed by atoms with Crippen molar-refractivity contribution in [3.63, 3.8) is 0 Å². The van der Waals surface area contributed by atoms with Gasteiger partial charge in [-0.15, -0.1) is 11.3 Å². The predicted octanol–water partition coefficient (Wildman–Crippen LogP) is 4.25. The van der Waals surface area contributed by atoms with Crippen LogP contribution >= 0.6 is 11.3 Å². The molecule has 1 aromatic heterocycles. The van der Waals surface area contributed by atoms with Gasteiger partial charge in [-0.3, -0.25) is 9.59 Å². The van der Waals surface area contributed by atoms with Gasteiger partial charge in [0.05, 0.1) is 18.5 Å². The summed E-state index contributed by atoms with van der Waals surface area (Å²) in [5, 5.41) is 8.95. The highest BCUT2D eigenvalue weighted by atomic mass is 32.1. The first kappa shape index (κ1) is 24.7. The van der Waals surface area contributed by atoms with Crippen LogP contribution in [0.2, 0.25) is 0 Å². The van der Waals surface area contributed by atoms with Gasteiger partial charge in [0.2, 0.25) is 5.91 Å². The van der Waals surface area contributed by atoms with E-state index in [9.17, 15) is 9.59 Å². The predicted molar refractivity (Wildman–Crippen MR) is 141 cm³/mol. The lowest BCUT2D eigenvalue weighted by Gasteiger charge is -2.21. The van der Waals surface area contributed by atoms with Crippen molar-refractivity contribution in [2.45, 2.75) is 19.8 Å². The van der Waals surface area contributed by atoms with Gasteiger partial charge in [0, 0.05) is 49.2 Å². The third-order valence-corrected chi connectivity index (χ3v) is 6.93. The molecule has 9 heteroatoms. The average Bonchev–Trinajstić information content (AvgIpc) is 3.16. The van der Waals surface area contributed by atoms with Crippen molar-refractivity contribution < 1.29 is 14.3 Å². The fourth-order valence-corrected chi connectivity index (χ4v) is 4.86. The Labute approximate surface area is 209 Å². The number of hydrogen-bond acceptors (Lipinski definition) is 7. The van der Waals surface area contributed by atoms with Crippen LogP contribution in [-0.4, -0.2) is 61.5 Å². The van der Waals surface area contributed by atoms with Crippen molar-refractivity contribution in [3.05, 3.63) is 65.2 Å². The zero-order chi connectivity index (χ0) is 24.6. The molecule has 1 aliphatic heterocycles. The summed E-state index contributed by atoms with van der Waals surface area (Å²) in [7, 11) is 1.56. The molecule has 2 aromatic carbocycles. The van der Waals surface area contributed by atoms with Gasteiger partial charge in [0.25, 0.3) is 5.91 Å². The summed E-state index contributed by atoms with van der Waals surface area (Å²) in [4.78, 5) is 34.4. The van der Waals surface area contributed by atoms with Crippen LogP contribution in [0, 0.1) is 6.92 Å². The molecule has 2 heterocycles. The minimum absolute atomic E-state index is 0.0344. The van der Waals surface area contributed by atoms with Crippen molar-refractivity contribution >= 4 is 39.7 Å². The highest BCUT2D eigenvalue weighted by Gasteiger charge is 2.18. The molecular weight excluding hydrogens is 462 g/mol. The zero-order valence-electron chi connectivity index (χ0n) is 20.1. The lowest BCUT2D eigenvalue weighted by atomic mass is 10.2. The number of hydrogen-bond donors (Lipinski definition) is 2. The van der Waals surface area contributed by atoms with E-state index in [0.29, 0.717) is 29.1 Å². The number of methoxy groups -OCH3 is 1. The van der Waals surface area contributed by atoms with E-state index in [-0.39, 0.29) is 11.8 Å². The summed E-state index contributed by atoms with van der Waals surface area (Å²) >= 11 is 1.69. The van der Waals surface area contributed by atoms with Crippen molar-refractivity contribution in [1.29, 1.82) is 0 Å². The summed E-state index contributed by atoms with van der Waals surface area (Å²) in [6, 6.07) is 14.1. The van der Waals surface area contributed by atoms with E-state index < -0.39 is 0 Å². The zero-order valence-corrected chi connectivity index (χ0v) is 20.9. The first-order valence-electron chi connectivity index (χ1n) is 11.8. The van der Waals surface area contributed by atoms with Gasteiger partial charge < -0.3 is 25.2 Å². The molecule has 2 amide bonds. The molecule has 1 fully saturated rings. The SMILES string of the molecule is COc1ccccc1NC(=O)c1ccc(NC(=O)CCN2CCCN(c3nc(C)cs3)CC2)cc1. The summed E-state index contributed by atoms with van der Waals surface area (Å²) in [5.41, 5.74) is 2.84. The normalized spacial score (nSPS) is 14.3. The number of carbonyl (C=O) groups excluding carboxylic acids is 2. The van der Waals surface area contributed by atoms with Crippen LogP contribution in [0.5, 0.6) is 5.75 Å². The molecular formula is C26H31N5O3S. The van der Waals surface area contributed by atoms with E-state index in [2.05, 4.69) is 30.8 Å². The van der Waals surface area contributed by atoms with Crippen LogP contribution in [-0.2, 0) is 4.79 Å². The number of ether oxygens (including phenoxy) is 1. The van der Waals surface area contributed by atoms with E-state index in [1.165, 1.54) is 0 Å². The number of anilines is 3. The summed E-state index contributed by atoms with van der Waals surface area (Å²) < 4.78 is 5.27. The van der Waals surface area contributed by atoms with E-state index >= 15 is 0 Å². The highest BCUT2D eigenvalue weighted by Crippen LogP contribution is 2.24. The fraction of sp³-hybridized carbons (Fsp3) is 0.346. The molecule has 1 aliphatic rings. The van der Waals surface area contributed by atoms with Crippen molar-refractivity contribution in [2.24, 2.45) is 0 Å². The monoisotopic (exact) mass is 493 g/mol. The Bertz CT molecular complexity index is 1150. The maximum absolute atomic E-state index is 12.6. The number of benzene rings is 2. The molecule has 0 bridgehead atoms. The van der Waals surface area contributed by atoms with Gasteiger partial charge in [-0.1, -0.05) is 12.1 Å². The molecule has 35 heavy (non-hydrogen) atoms. The van der Waals surface area contributed by atoms with E-state index in [0.717, 1.165) is 50.0 Å². The summed E-state index contributed by atoms with van der Waals surface area (Å²) in [6.07, 6.45) is 1.48. The number of thiazole rings is 1.